The fraction of sp³-hybridized carbons (Fsp3) is 0.412. The Kier molecular flexibility index (Phi) is 7.00. The number of ether oxygens (including phenoxy) is 2. The van der Waals surface area contributed by atoms with Crippen molar-refractivity contribution in [2.45, 2.75) is 12.8 Å². The van der Waals surface area contributed by atoms with Gasteiger partial charge in [-0.05, 0) is 45.6 Å². The minimum Gasteiger partial charge on any atom is -0.492 e. The van der Waals surface area contributed by atoms with Crippen LogP contribution in [0.1, 0.15) is 12.8 Å². The summed E-state index contributed by atoms with van der Waals surface area (Å²) >= 11 is 3.65. The van der Waals surface area contributed by atoms with E-state index in [1.165, 1.54) is 10.8 Å². The predicted molar refractivity (Wildman–Crippen MR) is 89.9 cm³/mol. The van der Waals surface area contributed by atoms with Crippen LogP contribution in [-0.2, 0) is 4.74 Å². The first-order chi connectivity index (χ1) is 10.3. The molecule has 0 bridgehead atoms. The molecule has 4 heteroatoms. The molecule has 2 aromatic carbocycles. The second kappa shape index (κ2) is 9.03. The summed E-state index contributed by atoms with van der Waals surface area (Å²) in [5.74, 6) is 0.928. The van der Waals surface area contributed by atoms with Gasteiger partial charge in [-0.2, -0.15) is 0 Å². The number of nitrogens with two attached hydrogens (primary N) is 1. The van der Waals surface area contributed by atoms with Crippen LogP contribution in [0.3, 0.4) is 0 Å². The van der Waals surface area contributed by atoms with Crippen molar-refractivity contribution in [1.82, 2.24) is 0 Å². The van der Waals surface area contributed by atoms with Crippen LogP contribution in [0.25, 0.3) is 10.8 Å². The Labute approximate surface area is 134 Å². The summed E-state index contributed by atoms with van der Waals surface area (Å²) in [6.45, 7) is 3.74. The zero-order valence-corrected chi connectivity index (χ0v) is 14.1. The lowest BCUT2D eigenvalue weighted by Crippen LogP contribution is -2.85. The van der Waals surface area contributed by atoms with Gasteiger partial charge in [0, 0.05) is 7.11 Å². The number of unbranched alkanes of at least 4 members (excludes halogenated alkanes) is 1. The second-order valence-electron chi connectivity index (χ2n) is 5.01. The Morgan fingerprint density at radius 1 is 1.00 bits per heavy atom. The zero-order valence-electron chi connectivity index (χ0n) is 12.5. The van der Waals surface area contributed by atoms with E-state index < -0.39 is 0 Å². The van der Waals surface area contributed by atoms with Crippen molar-refractivity contribution in [3.63, 3.8) is 0 Å². The van der Waals surface area contributed by atoms with Crippen molar-refractivity contribution < 1.29 is 14.8 Å². The van der Waals surface area contributed by atoms with Crippen LogP contribution in [0.5, 0.6) is 5.75 Å². The molecule has 2 rings (SSSR count). The van der Waals surface area contributed by atoms with E-state index in [0.717, 1.165) is 49.4 Å². The predicted octanol–water partition coefficient (Wildman–Crippen LogP) is 2.97. The molecule has 0 amide bonds. The van der Waals surface area contributed by atoms with Gasteiger partial charge < -0.3 is 14.8 Å². The SMILES string of the molecule is COCC[NH2+]CCCCOc1ccc2ccccc2c1Br. The molecule has 2 N–H and O–H groups in total. The summed E-state index contributed by atoms with van der Waals surface area (Å²) in [7, 11) is 1.74. The topological polar surface area (TPSA) is 35.1 Å². The largest absolute Gasteiger partial charge is 0.492 e. The summed E-state index contributed by atoms with van der Waals surface area (Å²) < 4.78 is 12.0. The summed E-state index contributed by atoms with van der Waals surface area (Å²) in [5, 5.41) is 4.71. The minimum atomic E-state index is 0.759. The number of methoxy groups -OCH3 is 1. The third-order valence-electron chi connectivity index (χ3n) is 3.41. The molecule has 0 aliphatic carbocycles. The molecular formula is C17H23BrNO2+. The normalized spacial score (nSPS) is 11.0. The highest BCUT2D eigenvalue weighted by atomic mass is 79.9. The lowest BCUT2D eigenvalue weighted by atomic mass is 10.1. The van der Waals surface area contributed by atoms with Gasteiger partial charge in [0.1, 0.15) is 5.75 Å². The molecule has 0 spiro atoms. The molecule has 0 radical (unpaired) electrons. The van der Waals surface area contributed by atoms with E-state index in [1.54, 1.807) is 7.11 Å². The summed E-state index contributed by atoms with van der Waals surface area (Å²) in [6, 6.07) is 12.5. The summed E-state index contributed by atoms with van der Waals surface area (Å²) in [6.07, 6.45) is 2.23. The summed E-state index contributed by atoms with van der Waals surface area (Å²) in [4.78, 5) is 0. The van der Waals surface area contributed by atoms with Crippen LogP contribution in [0.4, 0.5) is 0 Å². The van der Waals surface area contributed by atoms with Crippen LogP contribution in [0.15, 0.2) is 40.9 Å². The Bertz CT molecular complexity index is 559. The molecule has 21 heavy (non-hydrogen) atoms. The van der Waals surface area contributed by atoms with Crippen molar-refractivity contribution in [1.29, 1.82) is 0 Å². The molecule has 3 nitrogen and oxygen atoms in total. The van der Waals surface area contributed by atoms with Crippen molar-refractivity contribution in [2.24, 2.45) is 0 Å². The molecule has 0 aliphatic heterocycles. The monoisotopic (exact) mass is 352 g/mol. The fourth-order valence-corrected chi connectivity index (χ4v) is 2.85. The number of quaternary nitrogens is 1. The standard InChI is InChI=1S/C17H22BrNO2/c1-20-13-11-19-10-4-5-12-21-16-9-8-14-6-2-3-7-15(14)17(16)18/h2-3,6-9,19H,4-5,10-13H2,1H3/p+1. The van der Waals surface area contributed by atoms with Gasteiger partial charge in [0.25, 0.3) is 0 Å². The molecule has 0 fully saturated rings. The highest BCUT2D eigenvalue weighted by Crippen LogP contribution is 2.33. The van der Waals surface area contributed by atoms with E-state index in [9.17, 15) is 0 Å². The van der Waals surface area contributed by atoms with Gasteiger partial charge in [0.2, 0.25) is 0 Å². The maximum atomic E-state index is 5.89. The van der Waals surface area contributed by atoms with Crippen LogP contribution in [0.2, 0.25) is 0 Å². The highest BCUT2D eigenvalue weighted by Gasteiger charge is 2.05. The lowest BCUT2D eigenvalue weighted by Gasteiger charge is -2.10. The van der Waals surface area contributed by atoms with Crippen molar-refractivity contribution in [3.05, 3.63) is 40.9 Å². The molecule has 0 heterocycles. The molecule has 0 atom stereocenters. The number of hydrogen-bond acceptors (Lipinski definition) is 2. The number of benzene rings is 2. The Morgan fingerprint density at radius 2 is 1.86 bits per heavy atom. The molecule has 0 unspecified atom stereocenters. The van der Waals surface area contributed by atoms with Crippen molar-refractivity contribution in [2.75, 3.05) is 33.4 Å². The van der Waals surface area contributed by atoms with Gasteiger partial charge in [-0.3, -0.25) is 0 Å². The molecule has 0 saturated carbocycles. The average Bonchev–Trinajstić information content (AvgIpc) is 2.52. The number of hydrogen-bond donors (Lipinski definition) is 1. The van der Waals surface area contributed by atoms with Crippen LogP contribution in [-0.4, -0.2) is 33.4 Å². The molecule has 0 aromatic heterocycles. The first-order valence-corrected chi connectivity index (χ1v) is 8.23. The Morgan fingerprint density at radius 3 is 2.71 bits per heavy atom. The lowest BCUT2D eigenvalue weighted by molar-refractivity contribution is -0.656. The van der Waals surface area contributed by atoms with E-state index in [1.807, 2.05) is 12.1 Å². The van der Waals surface area contributed by atoms with Crippen molar-refractivity contribution in [3.8, 4) is 5.75 Å². The molecule has 114 valence electrons. The van der Waals surface area contributed by atoms with E-state index in [4.69, 9.17) is 9.47 Å². The van der Waals surface area contributed by atoms with Gasteiger partial charge in [0.15, 0.2) is 0 Å². The highest BCUT2D eigenvalue weighted by molar-refractivity contribution is 9.10. The maximum absolute atomic E-state index is 5.89. The van der Waals surface area contributed by atoms with Gasteiger partial charge >= 0.3 is 0 Å². The maximum Gasteiger partial charge on any atom is 0.134 e. The number of halogens is 1. The average molecular weight is 353 g/mol. The quantitative estimate of drug-likeness (QED) is 0.704. The molecule has 2 aromatic rings. The number of rotatable bonds is 9. The third-order valence-corrected chi connectivity index (χ3v) is 4.23. The van der Waals surface area contributed by atoms with Crippen LogP contribution >= 0.6 is 15.9 Å². The fourth-order valence-electron chi connectivity index (χ4n) is 2.24. The number of fused-ring (bicyclic) bond motifs is 1. The first-order valence-electron chi connectivity index (χ1n) is 7.43. The smallest absolute Gasteiger partial charge is 0.134 e. The zero-order chi connectivity index (χ0) is 14.9. The van der Waals surface area contributed by atoms with Crippen LogP contribution < -0.4 is 10.1 Å². The van der Waals surface area contributed by atoms with E-state index in [2.05, 4.69) is 45.5 Å². The van der Waals surface area contributed by atoms with Gasteiger partial charge in [0.05, 0.1) is 30.8 Å². The third kappa shape index (κ3) is 4.99. The van der Waals surface area contributed by atoms with Gasteiger partial charge in [-0.25, -0.2) is 0 Å². The Balaban J connectivity index is 1.75. The molecular weight excluding hydrogens is 330 g/mol. The molecule has 0 saturated heterocycles. The second-order valence-corrected chi connectivity index (χ2v) is 5.81. The van der Waals surface area contributed by atoms with E-state index >= 15 is 0 Å². The van der Waals surface area contributed by atoms with E-state index in [-0.39, 0.29) is 0 Å². The Hall–Kier alpha value is -1.10. The van der Waals surface area contributed by atoms with Gasteiger partial charge in [-0.1, -0.05) is 30.3 Å². The molecule has 0 aliphatic rings. The van der Waals surface area contributed by atoms with E-state index in [0.29, 0.717) is 0 Å². The summed E-state index contributed by atoms with van der Waals surface area (Å²) in [5.41, 5.74) is 0. The first kappa shape index (κ1) is 16.3. The minimum absolute atomic E-state index is 0.759. The van der Waals surface area contributed by atoms with Crippen molar-refractivity contribution >= 4 is 26.7 Å². The van der Waals surface area contributed by atoms with Crippen LogP contribution in [0, 0.1) is 0 Å². The van der Waals surface area contributed by atoms with Gasteiger partial charge in [-0.15, -0.1) is 0 Å².